The minimum Gasteiger partial charge on any atom is -0.349 e. The normalized spacial score (nSPS) is 13.5. The van der Waals surface area contributed by atoms with Crippen LogP contribution >= 0.6 is 23.2 Å². The highest BCUT2D eigenvalue weighted by atomic mass is 35.5. The minimum absolute atomic E-state index is 0.158. The van der Waals surface area contributed by atoms with E-state index >= 15 is 0 Å². The van der Waals surface area contributed by atoms with Crippen LogP contribution in [0.15, 0.2) is 42.7 Å². The molecule has 1 amide bonds. The van der Waals surface area contributed by atoms with Crippen molar-refractivity contribution >= 4 is 29.1 Å². The van der Waals surface area contributed by atoms with Crippen LogP contribution in [0, 0.1) is 5.82 Å². The number of hydrogen-bond acceptors (Lipinski definition) is 2. The minimum atomic E-state index is -6.34. The van der Waals surface area contributed by atoms with Gasteiger partial charge in [-0.25, -0.2) is 13.5 Å². The molecule has 0 saturated heterocycles. The van der Waals surface area contributed by atoms with Crippen LogP contribution in [0.1, 0.15) is 37.4 Å². The monoisotopic (exact) mass is 573 g/mol. The summed E-state index contributed by atoms with van der Waals surface area (Å²) in [6.07, 6.45) is -9.94. The van der Waals surface area contributed by atoms with Crippen molar-refractivity contribution in [3.8, 4) is 16.8 Å². The van der Waals surface area contributed by atoms with Crippen molar-refractivity contribution in [1.29, 1.82) is 0 Å². The predicted octanol–water partition coefficient (Wildman–Crippen LogP) is 7.86. The maximum Gasteiger partial charge on any atom is 0.435 e. The molecule has 3 rings (SSSR count). The van der Waals surface area contributed by atoms with Gasteiger partial charge in [0.25, 0.3) is 0 Å². The lowest BCUT2D eigenvalue weighted by atomic mass is 9.94. The summed E-state index contributed by atoms with van der Waals surface area (Å²) < 4.78 is 109. The van der Waals surface area contributed by atoms with Gasteiger partial charge in [0.2, 0.25) is 5.91 Å². The molecule has 1 unspecified atom stereocenters. The van der Waals surface area contributed by atoms with Crippen molar-refractivity contribution in [3.05, 3.63) is 69.7 Å². The molecule has 1 atom stereocenters. The molecule has 200 valence electrons. The van der Waals surface area contributed by atoms with Crippen LogP contribution in [0.5, 0.6) is 0 Å². The summed E-state index contributed by atoms with van der Waals surface area (Å²) >= 11 is 11.9. The Kier molecular flexibility index (Phi) is 7.86. The molecule has 0 aliphatic heterocycles. The predicted molar refractivity (Wildman–Crippen MR) is 121 cm³/mol. The first-order valence-electron chi connectivity index (χ1n) is 10.5. The number of alkyl halides is 7. The Bertz CT molecular complexity index is 1280. The number of amides is 1. The zero-order valence-corrected chi connectivity index (χ0v) is 20.4. The second-order valence-corrected chi connectivity index (χ2v) is 8.81. The fraction of sp³-hybridized carbons (Fsp3) is 0.304. The van der Waals surface area contributed by atoms with Gasteiger partial charge in [-0.1, -0.05) is 36.2 Å². The summed E-state index contributed by atoms with van der Waals surface area (Å²) in [7, 11) is 0. The van der Waals surface area contributed by atoms with Crippen LogP contribution in [0.4, 0.5) is 35.1 Å². The fourth-order valence-electron chi connectivity index (χ4n) is 3.54. The zero-order chi connectivity index (χ0) is 27.9. The lowest BCUT2D eigenvalue weighted by Gasteiger charge is -2.30. The summed E-state index contributed by atoms with van der Waals surface area (Å²) in [6, 6.07) is 3.67. The first-order chi connectivity index (χ1) is 17.0. The number of benzene rings is 2. The quantitative estimate of drug-likeness (QED) is 0.305. The Morgan fingerprint density at radius 2 is 1.57 bits per heavy atom. The summed E-state index contributed by atoms with van der Waals surface area (Å²) in [5.41, 5.74) is -6.94. The summed E-state index contributed by atoms with van der Waals surface area (Å²) in [5.74, 6) is -0.892. The van der Waals surface area contributed by atoms with E-state index < -0.39 is 45.5 Å². The van der Waals surface area contributed by atoms with Gasteiger partial charge in [-0.2, -0.15) is 31.4 Å². The molecule has 0 bridgehead atoms. The van der Waals surface area contributed by atoms with Crippen molar-refractivity contribution in [1.82, 2.24) is 15.1 Å². The summed E-state index contributed by atoms with van der Waals surface area (Å²) in [4.78, 5) is 11.7. The van der Waals surface area contributed by atoms with Crippen LogP contribution < -0.4 is 5.32 Å². The molecule has 0 aliphatic rings. The van der Waals surface area contributed by atoms with Crippen molar-refractivity contribution in [2.45, 2.75) is 44.3 Å². The van der Waals surface area contributed by atoms with E-state index in [0.29, 0.717) is 11.1 Å². The fourth-order valence-corrected chi connectivity index (χ4v) is 4.20. The van der Waals surface area contributed by atoms with Gasteiger partial charge in [-0.15, -0.1) is 0 Å². The Morgan fingerprint density at radius 1 is 1.00 bits per heavy atom. The standard InChI is InChI=1S/C23H17Cl2F8N3O/c1-3-19(37)35-11(2)15-6-12(4-5-18(15)26)13-9-34-36(10-13)20-16(24)7-14(8-17(20)25)21(27,22(28,29)30)23(31,32)33/h4-11H,3H2,1-2H3,(H,35,37). The van der Waals surface area contributed by atoms with Gasteiger partial charge < -0.3 is 5.32 Å². The molecule has 37 heavy (non-hydrogen) atoms. The topological polar surface area (TPSA) is 46.9 Å². The summed E-state index contributed by atoms with van der Waals surface area (Å²) in [6.45, 7) is 3.21. The first-order valence-corrected chi connectivity index (χ1v) is 11.2. The first kappa shape index (κ1) is 28.7. The van der Waals surface area contributed by atoms with E-state index in [0.717, 1.165) is 10.7 Å². The number of carbonyl (C=O) groups excluding carboxylic acids is 1. The highest BCUT2D eigenvalue weighted by Gasteiger charge is 2.73. The Hall–Kier alpha value is -2.86. The molecular formula is C23H17Cl2F8N3O. The third-order valence-corrected chi connectivity index (χ3v) is 6.08. The van der Waals surface area contributed by atoms with Crippen molar-refractivity contribution in [2.75, 3.05) is 0 Å². The second-order valence-electron chi connectivity index (χ2n) is 8.00. The molecule has 3 aromatic rings. The summed E-state index contributed by atoms with van der Waals surface area (Å²) in [5, 5.41) is 5.14. The SMILES string of the molecule is CCC(=O)NC(C)c1cc(-c2cnn(-c3c(Cl)cc(C(F)(C(F)(F)F)C(F)(F)F)cc3Cl)c2)ccc1F. The Morgan fingerprint density at radius 3 is 2.08 bits per heavy atom. The molecule has 2 aromatic carbocycles. The van der Waals surface area contributed by atoms with Crippen LogP contribution in [-0.4, -0.2) is 28.0 Å². The number of carbonyl (C=O) groups is 1. The zero-order valence-electron chi connectivity index (χ0n) is 18.9. The van der Waals surface area contributed by atoms with E-state index in [1.54, 1.807) is 13.8 Å². The average molecular weight is 574 g/mol. The number of rotatable bonds is 6. The maximum atomic E-state index is 14.4. The number of hydrogen-bond donors (Lipinski definition) is 1. The van der Waals surface area contributed by atoms with Gasteiger partial charge in [0.05, 0.1) is 22.3 Å². The van der Waals surface area contributed by atoms with E-state index in [1.807, 2.05) is 0 Å². The lowest BCUT2D eigenvalue weighted by molar-refractivity contribution is -0.348. The number of nitrogens with one attached hydrogen (secondary N) is 1. The molecule has 0 spiro atoms. The Balaban J connectivity index is 2.03. The molecule has 4 nitrogen and oxygen atoms in total. The maximum absolute atomic E-state index is 14.4. The molecule has 1 heterocycles. The average Bonchev–Trinajstić information content (AvgIpc) is 3.26. The molecular weight excluding hydrogens is 557 g/mol. The van der Waals surface area contributed by atoms with Gasteiger partial charge in [0.15, 0.2) is 0 Å². The highest BCUT2D eigenvalue weighted by Crippen LogP contribution is 2.54. The molecule has 0 saturated carbocycles. The largest absolute Gasteiger partial charge is 0.435 e. The van der Waals surface area contributed by atoms with Gasteiger partial charge in [-0.3, -0.25) is 4.79 Å². The number of halogens is 10. The highest BCUT2D eigenvalue weighted by molar-refractivity contribution is 6.37. The third-order valence-electron chi connectivity index (χ3n) is 5.50. The van der Waals surface area contributed by atoms with Gasteiger partial charge in [0, 0.05) is 29.3 Å². The van der Waals surface area contributed by atoms with Crippen molar-refractivity contribution in [3.63, 3.8) is 0 Å². The molecule has 0 aliphatic carbocycles. The smallest absolute Gasteiger partial charge is 0.349 e. The Labute approximate surface area is 215 Å². The van der Waals surface area contributed by atoms with E-state index in [1.165, 1.54) is 24.5 Å². The molecule has 0 fully saturated rings. The van der Waals surface area contributed by atoms with E-state index in [2.05, 4.69) is 10.4 Å². The van der Waals surface area contributed by atoms with Gasteiger partial charge in [0.1, 0.15) is 11.5 Å². The van der Waals surface area contributed by atoms with Gasteiger partial charge in [-0.05, 0) is 36.8 Å². The lowest BCUT2D eigenvalue weighted by Crippen LogP contribution is -2.50. The van der Waals surface area contributed by atoms with Gasteiger partial charge >= 0.3 is 18.0 Å². The third kappa shape index (κ3) is 5.40. The van der Waals surface area contributed by atoms with Crippen molar-refractivity contribution in [2.24, 2.45) is 0 Å². The number of aromatic nitrogens is 2. The molecule has 14 heteroatoms. The van der Waals surface area contributed by atoms with Crippen LogP contribution in [0.2, 0.25) is 10.0 Å². The van der Waals surface area contributed by atoms with E-state index in [-0.39, 0.29) is 35.7 Å². The second kappa shape index (κ2) is 10.1. The van der Waals surface area contributed by atoms with Crippen LogP contribution in [0.25, 0.3) is 16.8 Å². The van der Waals surface area contributed by atoms with Crippen LogP contribution in [-0.2, 0) is 10.5 Å². The van der Waals surface area contributed by atoms with E-state index in [4.69, 9.17) is 23.2 Å². The number of nitrogens with zero attached hydrogens (tertiary/aromatic N) is 2. The molecule has 1 N–H and O–H groups in total. The van der Waals surface area contributed by atoms with E-state index in [9.17, 15) is 39.9 Å². The van der Waals surface area contributed by atoms with Crippen LogP contribution in [0.3, 0.4) is 0 Å². The van der Waals surface area contributed by atoms with Crippen molar-refractivity contribution < 1.29 is 39.9 Å². The molecule has 1 aromatic heterocycles. The molecule has 0 radical (unpaired) electrons.